The zero-order valence-electron chi connectivity index (χ0n) is 14.4. The van der Waals surface area contributed by atoms with Crippen LogP contribution in [0.1, 0.15) is 47.0 Å². The number of nitrogens with zero attached hydrogens (tertiary/aromatic N) is 2. The van der Waals surface area contributed by atoms with Gasteiger partial charge in [0.15, 0.2) is 0 Å². The summed E-state index contributed by atoms with van der Waals surface area (Å²) < 4.78 is 5.41. The molecule has 2 aliphatic heterocycles. The molecule has 2 aliphatic rings. The first-order valence-electron chi connectivity index (χ1n) is 8.21. The quantitative estimate of drug-likeness (QED) is 0.823. The molecule has 7 heteroatoms. The molecule has 0 aromatic carbocycles. The molecule has 2 N–H and O–H groups in total. The first kappa shape index (κ1) is 17.6. The molecule has 23 heavy (non-hydrogen) atoms. The van der Waals surface area contributed by atoms with Crippen molar-refractivity contribution in [3.63, 3.8) is 0 Å². The fraction of sp³-hybridized carbons (Fsp3) is 0.812. The minimum atomic E-state index is -0.611. The average Bonchev–Trinajstić information content (AvgIpc) is 3.02. The number of hydrogen-bond acceptors (Lipinski definition) is 4. The maximum atomic E-state index is 12.9. The Kier molecular flexibility index (Phi) is 4.87. The Morgan fingerprint density at radius 3 is 2.30 bits per heavy atom. The summed E-state index contributed by atoms with van der Waals surface area (Å²) in [5.41, 5.74) is 4.79. The number of rotatable bonds is 2. The predicted molar refractivity (Wildman–Crippen MR) is 84.4 cm³/mol. The first-order chi connectivity index (χ1) is 10.6. The number of hydrogen-bond donors (Lipinski definition) is 1. The van der Waals surface area contributed by atoms with Crippen molar-refractivity contribution in [1.29, 1.82) is 0 Å². The van der Waals surface area contributed by atoms with Crippen LogP contribution in [0.4, 0.5) is 4.79 Å². The SMILES string of the molecule is C[C@H]1CCN(C(=O)OC(C)(C)C)[C@@H]1C(=O)N1CCC[C@@H]1C(N)=O. The van der Waals surface area contributed by atoms with Gasteiger partial charge in [0.05, 0.1) is 0 Å². The summed E-state index contributed by atoms with van der Waals surface area (Å²) in [5.74, 6) is -0.642. The van der Waals surface area contributed by atoms with Gasteiger partial charge in [-0.25, -0.2) is 4.79 Å². The zero-order valence-corrected chi connectivity index (χ0v) is 14.4. The zero-order chi connectivity index (χ0) is 17.4. The summed E-state index contributed by atoms with van der Waals surface area (Å²) in [6, 6.07) is -1.14. The van der Waals surface area contributed by atoms with Gasteiger partial charge in [-0.05, 0) is 46.0 Å². The Bertz CT molecular complexity index is 500. The van der Waals surface area contributed by atoms with Crippen molar-refractivity contribution in [3.05, 3.63) is 0 Å². The summed E-state index contributed by atoms with van der Waals surface area (Å²) in [4.78, 5) is 39.9. The Morgan fingerprint density at radius 1 is 1.09 bits per heavy atom. The predicted octanol–water partition coefficient (Wildman–Crippen LogP) is 1.11. The normalized spacial score (nSPS) is 28.1. The summed E-state index contributed by atoms with van der Waals surface area (Å²) in [6.45, 7) is 8.34. The molecule has 2 saturated heterocycles. The second-order valence-electron chi connectivity index (χ2n) is 7.48. The monoisotopic (exact) mass is 325 g/mol. The van der Waals surface area contributed by atoms with Crippen LogP contribution in [0.2, 0.25) is 0 Å². The van der Waals surface area contributed by atoms with Gasteiger partial charge in [0.2, 0.25) is 11.8 Å². The van der Waals surface area contributed by atoms with E-state index < -0.39 is 29.7 Å². The number of primary amides is 1. The van der Waals surface area contributed by atoms with Crippen LogP contribution in [0.15, 0.2) is 0 Å². The van der Waals surface area contributed by atoms with Crippen LogP contribution in [0, 0.1) is 5.92 Å². The fourth-order valence-electron chi connectivity index (χ4n) is 3.35. The van der Waals surface area contributed by atoms with Crippen LogP contribution < -0.4 is 5.73 Å². The second kappa shape index (κ2) is 6.37. The summed E-state index contributed by atoms with van der Waals surface area (Å²) in [7, 11) is 0. The molecular weight excluding hydrogens is 298 g/mol. The maximum absolute atomic E-state index is 12.9. The molecule has 0 radical (unpaired) electrons. The van der Waals surface area contributed by atoms with E-state index in [9.17, 15) is 14.4 Å². The molecule has 2 fully saturated rings. The lowest BCUT2D eigenvalue weighted by molar-refractivity contribution is -0.141. The Morgan fingerprint density at radius 2 is 1.74 bits per heavy atom. The van der Waals surface area contributed by atoms with Gasteiger partial charge >= 0.3 is 6.09 Å². The van der Waals surface area contributed by atoms with Crippen molar-refractivity contribution < 1.29 is 19.1 Å². The third-order valence-corrected chi connectivity index (χ3v) is 4.45. The number of carbonyl (C=O) groups excluding carboxylic acids is 3. The van der Waals surface area contributed by atoms with Gasteiger partial charge in [0.25, 0.3) is 0 Å². The van der Waals surface area contributed by atoms with Crippen LogP contribution in [0.25, 0.3) is 0 Å². The number of ether oxygens (including phenoxy) is 1. The lowest BCUT2D eigenvalue weighted by atomic mass is 10.0. The van der Waals surface area contributed by atoms with E-state index in [1.807, 2.05) is 6.92 Å². The Labute approximate surface area is 137 Å². The van der Waals surface area contributed by atoms with Crippen LogP contribution in [-0.4, -0.2) is 58.5 Å². The fourth-order valence-corrected chi connectivity index (χ4v) is 3.35. The average molecular weight is 325 g/mol. The van der Waals surface area contributed by atoms with E-state index in [2.05, 4.69) is 0 Å². The van der Waals surface area contributed by atoms with Crippen LogP contribution in [0.3, 0.4) is 0 Å². The highest BCUT2D eigenvalue weighted by Crippen LogP contribution is 2.30. The summed E-state index contributed by atoms with van der Waals surface area (Å²) in [6.07, 6.45) is 1.61. The van der Waals surface area contributed by atoms with Gasteiger partial charge in [-0.1, -0.05) is 6.92 Å². The molecule has 3 atom stereocenters. The number of amides is 3. The van der Waals surface area contributed by atoms with Crippen molar-refractivity contribution in [2.75, 3.05) is 13.1 Å². The van der Waals surface area contributed by atoms with E-state index in [1.165, 1.54) is 9.80 Å². The van der Waals surface area contributed by atoms with Gasteiger partial charge in [-0.15, -0.1) is 0 Å². The molecule has 0 aliphatic carbocycles. The molecule has 7 nitrogen and oxygen atoms in total. The molecule has 0 aromatic rings. The van der Waals surface area contributed by atoms with E-state index in [0.29, 0.717) is 19.5 Å². The standard InChI is InChI=1S/C16H27N3O4/c1-10-7-9-19(15(22)23-16(2,3)4)12(10)14(21)18-8-5-6-11(18)13(17)20/h10-12H,5-9H2,1-4H3,(H2,17,20)/t10-,11+,12-/m0/s1. The molecule has 130 valence electrons. The van der Waals surface area contributed by atoms with Crippen molar-refractivity contribution in [2.45, 2.75) is 64.6 Å². The van der Waals surface area contributed by atoms with E-state index in [0.717, 1.165) is 12.8 Å². The van der Waals surface area contributed by atoms with Gasteiger partial charge in [-0.2, -0.15) is 0 Å². The second-order valence-corrected chi connectivity index (χ2v) is 7.48. The minimum absolute atomic E-state index is 0.0316. The van der Waals surface area contributed by atoms with Gasteiger partial charge < -0.3 is 15.4 Å². The van der Waals surface area contributed by atoms with E-state index >= 15 is 0 Å². The third kappa shape index (κ3) is 3.76. The molecule has 0 unspecified atom stereocenters. The molecule has 2 heterocycles. The molecule has 0 spiro atoms. The van der Waals surface area contributed by atoms with Crippen LogP contribution in [0.5, 0.6) is 0 Å². The van der Waals surface area contributed by atoms with Gasteiger partial charge in [0.1, 0.15) is 17.7 Å². The topological polar surface area (TPSA) is 92.9 Å². The van der Waals surface area contributed by atoms with Gasteiger partial charge in [-0.3, -0.25) is 14.5 Å². The van der Waals surface area contributed by atoms with Gasteiger partial charge in [0, 0.05) is 13.1 Å². The lowest BCUT2D eigenvalue weighted by Crippen LogP contribution is -2.54. The molecule has 3 amide bonds. The molecule has 0 saturated carbocycles. The molecule has 0 aromatic heterocycles. The van der Waals surface area contributed by atoms with Crippen molar-refractivity contribution in [3.8, 4) is 0 Å². The molecule has 0 bridgehead atoms. The Hall–Kier alpha value is -1.79. The van der Waals surface area contributed by atoms with Crippen molar-refractivity contribution in [2.24, 2.45) is 11.7 Å². The van der Waals surface area contributed by atoms with Crippen molar-refractivity contribution in [1.82, 2.24) is 9.80 Å². The third-order valence-electron chi connectivity index (χ3n) is 4.45. The lowest BCUT2D eigenvalue weighted by Gasteiger charge is -2.33. The maximum Gasteiger partial charge on any atom is 0.410 e. The number of carbonyl (C=O) groups is 3. The molecule has 2 rings (SSSR count). The summed E-state index contributed by atoms with van der Waals surface area (Å²) in [5, 5.41) is 0. The van der Waals surface area contributed by atoms with Crippen LogP contribution in [-0.2, 0) is 14.3 Å². The van der Waals surface area contributed by atoms with E-state index in [4.69, 9.17) is 10.5 Å². The molecular formula is C16H27N3O4. The largest absolute Gasteiger partial charge is 0.444 e. The van der Waals surface area contributed by atoms with E-state index in [-0.39, 0.29) is 11.8 Å². The highest BCUT2D eigenvalue weighted by Gasteiger charge is 2.45. The first-order valence-corrected chi connectivity index (χ1v) is 8.21. The summed E-state index contributed by atoms with van der Waals surface area (Å²) >= 11 is 0. The minimum Gasteiger partial charge on any atom is -0.444 e. The smallest absolute Gasteiger partial charge is 0.410 e. The number of nitrogens with two attached hydrogens (primary N) is 1. The Balaban J connectivity index is 2.16. The van der Waals surface area contributed by atoms with E-state index in [1.54, 1.807) is 20.8 Å². The number of likely N-dealkylation sites (tertiary alicyclic amines) is 2. The van der Waals surface area contributed by atoms with Crippen molar-refractivity contribution >= 4 is 17.9 Å². The highest BCUT2D eigenvalue weighted by molar-refractivity contribution is 5.91. The highest BCUT2D eigenvalue weighted by atomic mass is 16.6. The van der Waals surface area contributed by atoms with Crippen LogP contribution >= 0.6 is 0 Å².